The van der Waals surface area contributed by atoms with Crippen molar-refractivity contribution >= 4 is 20.5 Å². The third-order valence-electron chi connectivity index (χ3n) is 2.48. The van der Waals surface area contributed by atoms with Gasteiger partial charge in [-0.1, -0.05) is 30.8 Å². The van der Waals surface area contributed by atoms with Crippen molar-refractivity contribution in [3.8, 4) is 0 Å². The fourth-order valence-electron chi connectivity index (χ4n) is 1.98. The molecule has 70 valence electrons. The van der Waals surface area contributed by atoms with E-state index in [1.165, 1.54) is 11.1 Å². The summed E-state index contributed by atoms with van der Waals surface area (Å²) in [5.41, 5.74) is 2.90. The molecular weight excluding hydrogens is 175 g/mol. The van der Waals surface area contributed by atoms with Gasteiger partial charge in [0.25, 0.3) is 0 Å². The molecule has 2 heteroatoms. The summed E-state index contributed by atoms with van der Waals surface area (Å²) in [6.07, 6.45) is 5.30. The van der Waals surface area contributed by atoms with Crippen LogP contribution in [0.4, 0.5) is 0 Å². The molecule has 0 aromatic rings. The zero-order valence-corrected chi connectivity index (χ0v) is 9.62. The first-order valence-corrected chi connectivity index (χ1v) is 5.26. The number of rotatable bonds is 2. The van der Waals surface area contributed by atoms with E-state index in [1.807, 2.05) is 6.92 Å². The Kier molecular flexibility index (Phi) is 3.34. The lowest BCUT2D eigenvalue weighted by Gasteiger charge is -2.17. The van der Waals surface area contributed by atoms with E-state index < -0.39 is 0 Å². The Morgan fingerprint density at radius 3 is 2.69 bits per heavy atom. The molecular formula is C11H17BS. The third kappa shape index (κ3) is 2.94. The molecule has 0 bridgehead atoms. The Morgan fingerprint density at radius 2 is 2.23 bits per heavy atom. The maximum Gasteiger partial charge on any atom is 0.0751 e. The van der Waals surface area contributed by atoms with Gasteiger partial charge in [-0.2, -0.15) is 0 Å². The van der Waals surface area contributed by atoms with Crippen LogP contribution in [0, 0.1) is 0 Å². The quantitative estimate of drug-likeness (QED) is 0.500. The van der Waals surface area contributed by atoms with E-state index in [0.29, 0.717) is 0 Å². The predicted octanol–water partition coefficient (Wildman–Crippen LogP) is 3.67. The molecule has 1 rings (SSSR count). The molecule has 0 saturated heterocycles. The maximum atomic E-state index is 6.11. The summed E-state index contributed by atoms with van der Waals surface area (Å²) in [6.45, 7) is 6.32. The first kappa shape index (κ1) is 11.0. The summed E-state index contributed by atoms with van der Waals surface area (Å²) < 4.78 is 0. The highest BCUT2D eigenvalue weighted by Crippen LogP contribution is 2.46. The summed E-state index contributed by atoms with van der Waals surface area (Å²) in [6, 6.07) is 0. The van der Waals surface area contributed by atoms with Crippen molar-refractivity contribution in [1.29, 1.82) is 0 Å². The van der Waals surface area contributed by atoms with Gasteiger partial charge in [0.2, 0.25) is 0 Å². The first-order chi connectivity index (χ1) is 5.94. The molecule has 0 aromatic carbocycles. The Hall–Kier alpha value is -0.105. The maximum absolute atomic E-state index is 6.11. The summed E-state index contributed by atoms with van der Waals surface area (Å²) in [5, 5.41) is -0.0274. The van der Waals surface area contributed by atoms with Gasteiger partial charge in [0.05, 0.1) is 7.85 Å². The van der Waals surface area contributed by atoms with Crippen molar-refractivity contribution in [2.75, 3.05) is 0 Å². The summed E-state index contributed by atoms with van der Waals surface area (Å²) in [5.74, 6) is 0. The molecule has 0 heterocycles. The van der Waals surface area contributed by atoms with Crippen LogP contribution in [-0.4, -0.2) is 7.85 Å². The zero-order valence-electron chi connectivity index (χ0n) is 8.72. The number of hydrogen-bond acceptors (Lipinski definition) is 1. The SMILES string of the molecule is [B]C1(C)CC(/C=C(\C)S)=C(CC)C1. The van der Waals surface area contributed by atoms with Gasteiger partial charge in [-0.05, 0) is 36.7 Å². The fourth-order valence-corrected chi connectivity index (χ4v) is 2.14. The molecule has 1 aliphatic rings. The average molecular weight is 192 g/mol. The molecule has 0 fully saturated rings. The largest absolute Gasteiger partial charge is 0.148 e. The monoisotopic (exact) mass is 192 g/mol. The van der Waals surface area contributed by atoms with E-state index in [2.05, 4.69) is 32.6 Å². The number of thiol groups is 1. The first-order valence-electron chi connectivity index (χ1n) is 4.81. The zero-order chi connectivity index (χ0) is 10.1. The van der Waals surface area contributed by atoms with Gasteiger partial charge >= 0.3 is 0 Å². The van der Waals surface area contributed by atoms with Gasteiger partial charge in [0, 0.05) is 0 Å². The van der Waals surface area contributed by atoms with Crippen LogP contribution >= 0.6 is 12.6 Å². The van der Waals surface area contributed by atoms with Gasteiger partial charge in [0.15, 0.2) is 0 Å². The second-order valence-corrected chi connectivity index (χ2v) is 4.98. The van der Waals surface area contributed by atoms with Crippen LogP contribution in [0.25, 0.3) is 0 Å². The summed E-state index contributed by atoms with van der Waals surface area (Å²) in [4.78, 5) is 1.07. The topological polar surface area (TPSA) is 0 Å². The van der Waals surface area contributed by atoms with E-state index >= 15 is 0 Å². The minimum absolute atomic E-state index is 0.0274. The number of hydrogen-bond donors (Lipinski definition) is 1. The minimum Gasteiger partial charge on any atom is -0.148 e. The lowest BCUT2D eigenvalue weighted by molar-refractivity contribution is 0.646. The van der Waals surface area contributed by atoms with Crippen molar-refractivity contribution < 1.29 is 0 Å². The van der Waals surface area contributed by atoms with E-state index in [1.54, 1.807) is 0 Å². The molecule has 0 N–H and O–H groups in total. The van der Waals surface area contributed by atoms with Crippen LogP contribution < -0.4 is 0 Å². The van der Waals surface area contributed by atoms with E-state index in [0.717, 1.165) is 24.2 Å². The molecule has 1 aliphatic carbocycles. The molecule has 2 radical (unpaired) electrons. The predicted molar refractivity (Wildman–Crippen MR) is 63.4 cm³/mol. The Labute approximate surface area is 88.3 Å². The standard InChI is InChI=1S/C11H17BS/c1-4-9-6-11(3,12)7-10(9)5-8(2)13/h5,13H,4,6-7H2,1-3H3/b8-5+. The molecule has 0 nitrogen and oxygen atoms in total. The molecule has 0 aliphatic heterocycles. The van der Waals surface area contributed by atoms with E-state index in [4.69, 9.17) is 7.85 Å². The smallest absolute Gasteiger partial charge is 0.0751 e. The Bertz CT molecular complexity index is 257. The van der Waals surface area contributed by atoms with Gasteiger partial charge in [-0.25, -0.2) is 0 Å². The van der Waals surface area contributed by atoms with Crippen molar-refractivity contribution in [3.63, 3.8) is 0 Å². The highest BCUT2D eigenvalue weighted by molar-refractivity contribution is 7.84. The van der Waals surface area contributed by atoms with Crippen LogP contribution in [-0.2, 0) is 0 Å². The van der Waals surface area contributed by atoms with Gasteiger partial charge in [0.1, 0.15) is 0 Å². The molecule has 0 amide bonds. The molecule has 0 spiro atoms. The lowest BCUT2D eigenvalue weighted by atomic mass is 9.68. The van der Waals surface area contributed by atoms with Gasteiger partial charge in [-0.3, -0.25) is 0 Å². The van der Waals surface area contributed by atoms with Crippen molar-refractivity contribution in [2.45, 2.75) is 45.3 Å². The molecule has 13 heavy (non-hydrogen) atoms. The fraction of sp³-hybridized carbons (Fsp3) is 0.636. The molecule has 0 saturated carbocycles. The average Bonchev–Trinajstić information content (AvgIpc) is 2.24. The molecule has 1 atom stereocenters. The third-order valence-corrected chi connectivity index (χ3v) is 2.60. The van der Waals surface area contributed by atoms with Gasteiger partial charge < -0.3 is 0 Å². The van der Waals surface area contributed by atoms with Crippen LogP contribution in [0.3, 0.4) is 0 Å². The van der Waals surface area contributed by atoms with Crippen LogP contribution in [0.1, 0.15) is 40.0 Å². The molecule has 0 aromatic heterocycles. The van der Waals surface area contributed by atoms with Crippen LogP contribution in [0.2, 0.25) is 5.31 Å². The van der Waals surface area contributed by atoms with Crippen LogP contribution in [0.15, 0.2) is 22.1 Å². The summed E-state index contributed by atoms with van der Waals surface area (Å²) >= 11 is 4.30. The highest BCUT2D eigenvalue weighted by Gasteiger charge is 2.27. The van der Waals surface area contributed by atoms with E-state index in [9.17, 15) is 0 Å². The number of allylic oxidation sites excluding steroid dienone is 4. The van der Waals surface area contributed by atoms with Gasteiger partial charge in [-0.15, -0.1) is 12.6 Å². The van der Waals surface area contributed by atoms with Crippen LogP contribution in [0.5, 0.6) is 0 Å². The second kappa shape index (κ2) is 3.95. The second-order valence-electron chi connectivity index (χ2n) is 4.28. The normalized spacial score (nSPS) is 30.0. The highest BCUT2D eigenvalue weighted by atomic mass is 32.1. The lowest BCUT2D eigenvalue weighted by Crippen LogP contribution is -2.02. The molecule has 1 unspecified atom stereocenters. The van der Waals surface area contributed by atoms with E-state index in [-0.39, 0.29) is 5.31 Å². The van der Waals surface area contributed by atoms with Crippen molar-refractivity contribution in [2.24, 2.45) is 0 Å². The van der Waals surface area contributed by atoms with Crippen molar-refractivity contribution in [1.82, 2.24) is 0 Å². The Morgan fingerprint density at radius 1 is 1.62 bits per heavy atom. The van der Waals surface area contributed by atoms with Crippen molar-refractivity contribution in [3.05, 3.63) is 22.1 Å². The Balaban J connectivity index is 2.87. The minimum atomic E-state index is -0.0274. The summed E-state index contributed by atoms with van der Waals surface area (Å²) in [7, 11) is 6.11.